The summed E-state index contributed by atoms with van der Waals surface area (Å²) in [5.74, 6) is 1.62. The van der Waals surface area contributed by atoms with Gasteiger partial charge < -0.3 is 10.1 Å². The van der Waals surface area contributed by atoms with E-state index in [0.717, 1.165) is 12.2 Å². The molecular formula is C11H15NO2S. The quantitative estimate of drug-likeness (QED) is 0.783. The minimum atomic E-state index is -0.387. The Morgan fingerprint density at radius 1 is 1.40 bits per heavy atom. The molecule has 0 unspecified atom stereocenters. The molecule has 0 heterocycles. The molecule has 0 aliphatic heterocycles. The van der Waals surface area contributed by atoms with Crippen molar-refractivity contribution in [2.45, 2.75) is 6.42 Å². The maximum atomic E-state index is 11.2. The van der Waals surface area contributed by atoms with Crippen LogP contribution in [0.3, 0.4) is 0 Å². The summed E-state index contributed by atoms with van der Waals surface area (Å²) >= 11 is 1.77. The molecule has 4 heteroatoms. The predicted molar refractivity (Wildman–Crippen MR) is 63.5 cm³/mol. The minimum absolute atomic E-state index is 0.387. The normalized spacial score (nSPS) is 9.67. The minimum Gasteiger partial charge on any atom is -0.410 e. The number of thioether (sulfide) groups is 1. The van der Waals surface area contributed by atoms with Crippen LogP contribution in [0, 0.1) is 0 Å². The number of ether oxygens (including phenoxy) is 1. The molecule has 0 radical (unpaired) electrons. The lowest BCUT2D eigenvalue weighted by atomic mass is 10.3. The Bertz CT molecular complexity index is 290. The van der Waals surface area contributed by atoms with Crippen molar-refractivity contribution in [3.05, 3.63) is 30.3 Å². The summed E-state index contributed by atoms with van der Waals surface area (Å²) in [6, 6.07) is 9.04. The number of hydrogen-bond acceptors (Lipinski definition) is 3. The van der Waals surface area contributed by atoms with Crippen LogP contribution < -0.4 is 10.1 Å². The number of para-hydroxylation sites is 1. The van der Waals surface area contributed by atoms with Gasteiger partial charge in [0.05, 0.1) is 0 Å². The number of rotatable bonds is 5. The van der Waals surface area contributed by atoms with Crippen LogP contribution in [-0.2, 0) is 0 Å². The lowest BCUT2D eigenvalue weighted by molar-refractivity contribution is 0.200. The summed E-state index contributed by atoms with van der Waals surface area (Å²) in [7, 11) is 0. The van der Waals surface area contributed by atoms with Gasteiger partial charge in [-0.25, -0.2) is 4.79 Å². The van der Waals surface area contributed by atoms with Gasteiger partial charge in [-0.15, -0.1) is 0 Å². The van der Waals surface area contributed by atoms with Crippen molar-refractivity contribution < 1.29 is 9.53 Å². The summed E-state index contributed by atoms with van der Waals surface area (Å²) in [6.07, 6.45) is 2.62. The zero-order chi connectivity index (χ0) is 10.9. The molecule has 1 aromatic rings. The van der Waals surface area contributed by atoms with Gasteiger partial charge in [0.2, 0.25) is 0 Å². The molecule has 0 bridgehead atoms. The van der Waals surface area contributed by atoms with Gasteiger partial charge in [-0.05, 0) is 30.6 Å². The molecule has 1 aromatic carbocycles. The molecule has 0 saturated carbocycles. The fraction of sp³-hybridized carbons (Fsp3) is 0.364. The molecule has 0 atom stereocenters. The first kappa shape index (κ1) is 11.9. The van der Waals surface area contributed by atoms with Gasteiger partial charge in [0.25, 0.3) is 0 Å². The highest BCUT2D eigenvalue weighted by Gasteiger charge is 2.01. The summed E-state index contributed by atoms with van der Waals surface area (Å²) in [4.78, 5) is 11.2. The van der Waals surface area contributed by atoms with Crippen molar-refractivity contribution in [3.63, 3.8) is 0 Å². The number of carbonyl (C=O) groups excluding carboxylic acids is 1. The van der Waals surface area contributed by atoms with Gasteiger partial charge in [0.1, 0.15) is 5.75 Å². The van der Waals surface area contributed by atoms with E-state index >= 15 is 0 Å². The highest BCUT2D eigenvalue weighted by molar-refractivity contribution is 7.98. The van der Waals surface area contributed by atoms with E-state index < -0.39 is 0 Å². The molecule has 1 N–H and O–H groups in total. The fourth-order valence-electron chi connectivity index (χ4n) is 1.04. The number of benzene rings is 1. The van der Waals surface area contributed by atoms with Crippen molar-refractivity contribution in [2.75, 3.05) is 18.6 Å². The Morgan fingerprint density at radius 2 is 2.13 bits per heavy atom. The van der Waals surface area contributed by atoms with E-state index in [2.05, 4.69) is 5.32 Å². The first-order valence-electron chi connectivity index (χ1n) is 4.82. The highest BCUT2D eigenvalue weighted by atomic mass is 32.2. The van der Waals surface area contributed by atoms with Gasteiger partial charge in [0.15, 0.2) is 0 Å². The topological polar surface area (TPSA) is 38.3 Å². The Kier molecular flexibility index (Phi) is 5.70. The van der Waals surface area contributed by atoms with E-state index in [1.807, 2.05) is 24.5 Å². The first-order chi connectivity index (χ1) is 7.33. The van der Waals surface area contributed by atoms with Crippen LogP contribution in [0.5, 0.6) is 5.75 Å². The summed E-state index contributed by atoms with van der Waals surface area (Å²) in [6.45, 7) is 0.659. The van der Waals surface area contributed by atoms with Crippen LogP contribution in [-0.4, -0.2) is 24.6 Å². The maximum absolute atomic E-state index is 11.2. The third-order valence-corrected chi connectivity index (χ3v) is 2.45. The summed E-state index contributed by atoms with van der Waals surface area (Å²) in [5, 5.41) is 2.69. The molecule has 82 valence electrons. The monoisotopic (exact) mass is 225 g/mol. The average Bonchev–Trinajstić information content (AvgIpc) is 2.26. The fourth-order valence-corrected chi connectivity index (χ4v) is 1.47. The molecule has 0 aliphatic rings. The molecule has 0 aliphatic carbocycles. The average molecular weight is 225 g/mol. The number of amides is 1. The zero-order valence-electron chi connectivity index (χ0n) is 8.73. The van der Waals surface area contributed by atoms with Crippen LogP contribution in [0.4, 0.5) is 4.79 Å². The van der Waals surface area contributed by atoms with E-state index in [1.54, 1.807) is 23.9 Å². The second kappa shape index (κ2) is 7.17. The predicted octanol–water partition coefficient (Wildman–Crippen LogP) is 2.53. The first-order valence-corrected chi connectivity index (χ1v) is 6.22. The SMILES string of the molecule is CSCCCNC(=O)Oc1ccccc1. The van der Waals surface area contributed by atoms with Crippen molar-refractivity contribution in [2.24, 2.45) is 0 Å². The molecular weight excluding hydrogens is 210 g/mol. The van der Waals surface area contributed by atoms with Crippen molar-refractivity contribution >= 4 is 17.9 Å². The standard InChI is InChI=1S/C11H15NO2S/c1-15-9-5-8-12-11(13)14-10-6-3-2-4-7-10/h2-4,6-7H,5,8-9H2,1H3,(H,12,13). The molecule has 0 aromatic heterocycles. The van der Waals surface area contributed by atoms with E-state index in [9.17, 15) is 4.79 Å². The number of hydrogen-bond donors (Lipinski definition) is 1. The van der Waals surface area contributed by atoms with Gasteiger partial charge >= 0.3 is 6.09 Å². The molecule has 1 amide bonds. The van der Waals surface area contributed by atoms with Gasteiger partial charge in [-0.3, -0.25) is 0 Å². The largest absolute Gasteiger partial charge is 0.412 e. The van der Waals surface area contributed by atoms with Crippen LogP contribution in [0.1, 0.15) is 6.42 Å². The lowest BCUT2D eigenvalue weighted by Gasteiger charge is -2.05. The second-order valence-corrected chi connectivity index (χ2v) is 3.96. The Morgan fingerprint density at radius 3 is 2.80 bits per heavy atom. The van der Waals surface area contributed by atoms with Crippen LogP contribution in [0.2, 0.25) is 0 Å². The molecule has 1 rings (SSSR count). The summed E-state index contributed by atoms with van der Waals surface area (Å²) < 4.78 is 5.04. The van der Waals surface area contributed by atoms with Gasteiger partial charge in [-0.2, -0.15) is 11.8 Å². The van der Waals surface area contributed by atoms with E-state index in [4.69, 9.17) is 4.74 Å². The molecule has 0 spiro atoms. The Labute approximate surface area is 94.2 Å². The van der Waals surface area contributed by atoms with E-state index in [0.29, 0.717) is 12.3 Å². The zero-order valence-corrected chi connectivity index (χ0v) is 9.55. The summed E-state index contributed by atoms with van der Waals surface area (Å²) in [5.41, 5.74) is 0. The second-order valence-electron chi connectivity index (χ2n) is 2.98. The Hall–Kier alpha value is -1.16. The smallest absolute Gasteiger partial charge is 0.410 e. The maximum Gasteiger partial charge on any atom is 0.412 e. The van der Waals surface area contributed by atoms with Crippen LogP contribution >= 0.6 is 11.8 Å². The third-order valence-electron chi connectivity index (χ3n) is 1.75. The van der Waals surface area contributed by atoms with Crippen molar-refractivity contribution in [3.8, 4) is 5.75 Å². The van der Waals surface area contributed by atoms with Crippen LogP contribution in [0.15, 0.2) is 30.3 Å². The number of carbonyl (C=O) groups is 1. The van der Waals surface area contributed by atoms with E-state index in [1.165, 1.54) is 0 Å². The van der Waals surface area contributed by atoms with E-state index in [-0.39, 0.29) is 6.09 Å². The van der Waals surface area contributed by atoms with Gasteiger partial charge in [0, 0.05) is 6.54 Å². The van der Waals surface area contributed by atoms with Gasteiger partial charge in [-0.1, -0.05) is 18.2 Å². The molecule has 0 saturated heterocycles. The lowest BCUT2D eigenvalue weighted by Crippen LogP contribution is -2.27. The van der Waals surface area contributed by atoms with Crippen molar-refractivity contribution in [1.82, 2.24) is 5.32 Å². The number of nitrogens with one attached hydrogen (secondary N) is 1. The molecule has 15 heavy (non-hydrogen) atoms. The van der Waals surface area contributed by atoms with Crippen molar-refractivity contribution in [1.29, 1.82) is 0 Å². The third kappa shape index (κ3) is 5.32. The Balaban J connectivity index is 2.19. The molecule has 0 fully saturated rings. The van der Waals surface area contributed by atoms with Crippen LogP contribution in [0.25, 0.3) is 0 Å². The molecule has 3 nitrogen and oxygen atoms in total. The highest BCUT2D eigenvalue weighted by Crippen LogP contribution is 2.07.